The van der Waals surface area contributed by atoms with Crippen LogP contribution in [0.25, 0.3) is 0 Å². The topological polar surface area (TPSA) is 105 Å². The van der Waals surface area contributed by atoms with E-state index in [0.29, 0.717) is 29.1 Å². The number of pyridine rings is 1. The molecule has 0 bridgehead atoms. The molecular weight excluding hydrogens is 354 g/mol. The van der Waals surface area contributed by atoms with Gasteiger partial charge in [0.05, 0.1) is 10.6 Å². The lowest BCUT2D eigenvalue weighted by molar-refractivity contribution is -0.905. The van der Waals surface area contributed by atoms with Gasteiger partial charge in [0.1, 0.15) is 5.56 Å². The number of nitrogens with two attached hydrogens (primary N) is 1. The number of aromatic nitrogens is 1. The van der Waals surface area contributed by atoms with E-state index in [2.05, 4.69) is 0 Å². The predicted octanol–water partition coefficient (Wildman–Crippen LogP) is 1.39. The predicted molar refractivity (Wildman–Crippen MR) is 95.3 cm³/mol. The Morgan fingerprint density at radius 1 is 1.19 bits per heavy atom. The first-order valence-corrected chi connectivity index (χ1v) is 10.1. The van der Waals surface area contributed by atoms with Crippen LogP contribution in [0, 0.1) is 0 Å². The molecule has 1 aliphatic heterocycles. The van der Waals surface area contributed by atoms with Crippen molar-refractivity contribution in [1.82, 2.24) is 4.90 Å². The van der Waals surface area contributed by atoms with Crippen molar-refractivity contribution in [3.05, 3.63) is 53.9 Å². The summed E-state index contributed by atoms with van der Waals surface area (Å²) in [5.74, 6) is -0.646. The summed E-state index contributed by atoms with van der Waals surface area (Å²) in [6.07, 6.45) is 5.20. The Bertz CT molecular complexity index is 922. The van der Waals surface area contributed by atoms with Gasteiger partial charge in [-0.2, -0.15) is 0 Å². The molecule has 8 heteroatoms. The number of hydrogen-bond acceptors (Lipinski definition) is 5. The molecule has 3 N–H and O–H groups in total. The number of amides is 1. The van der Waals surface area contributed by atoms with Crippen molar-refractivity contribution in [2.75, 3.05) is 18.8 Å². The van der Waals surface area contributed by atoms with Gasteiger partial charge in [-0.1, -0.05) is 12.1 Å². The molecular formula is C18H22N3O4S+. The van der Waals surface area contributed by atoms with E-state index < -0.39 is 9.84 Å². The lowest BCUT2D eigenvalue weighted by Gasteiger charge is -2.26. The molecule has 0 atom stereocenters. The zero-order chi connectivity index (χ0) is 18.7. The summed E-state index contributed by atoms with van der Waals surface area (Å²) in [4.78, 5) is 14.4. The molecule has 7 nitrogen and oxygen atoms in total. The fourth-order valence-corrected chi connectivity index (χ4v) is 4.67. The number of nitrogen functional groups attached to an aromatic ring is 1. The minimum absolute atomic E-state index is 0.0131. The molecule has 0 spiro atoms. The number of nitrogens with zero attached hydrogens (tertiary/aromatic N) is 2. The van der Waals surface area contributed by atoms with Gasteiger partial charge < -0.3 is 10.6 Å². The number of sulfone groups is 1. The number of piperidine rings is 1. The van der Waals surface area contributed by atoms with Gasteiger partial charge in [0.2, 0.25) is 12.4 Å². The molecule has 2 heterocycles. The second-order valence-corrected chi connectivity index (χ2v) is 8.42. The van der Waals surface area contributed by atoms with Crippen LogP contribution in [0.5, 0.6) is 0 Å². The molecule has 1 saturated heterocycles. The molecule has 1 fully saturated rings. The third-order valence-corrected chi connectivity index (χ3v) is 6.16. The summed E-state index contributed by atoms with van der Waals surface area (Å²) in [6, 6.07) is 7.90. The Labute approximate surface area is 152 Å². The average molecular weight is 376 g/mol. The molecule has 1 aliphatic rings. The van der Waals surface area contributed by atoms with Crippen LogP contribution in [0.15, 0.2) is 47.6 Å². The molecule has 1 aromatic heterocycles. The fraction of sp³-hybridized carbons (Fsp3) is 0.333. The van der Waals surface area contributed by atoms with E-state index in [1.54, 1.807) is 29.2 Å². The van der Waals surface area contributed by atoms with Gasteiger partial charge in [-0.15, -0.1) is 0 Å². The van der Waals surface area contributed by atoms with E-state index >= 15 is 0 Å². The summed E-state index contributed by atoms with van der Waals surface area (Å²) in [7, 11) is -3.79. The zero-order valence-electron chi connectivity index (χ0n) is 14.3. The van der Waals surface area contributed by atoms with Crippen molar-refractivity contribution in [3.63, 3.8) is 0 Å². The van der Waals surface area contributed by atoms with E-state index in [-0.39, 0.29) is 22.1 Å². The van der Waals surface area contributed by atoms with Crippen LogP contribution in [-0.4, -0.2) is 37.5 Å². The molecule has 2 aromatic rings. The number of carbonyl (C=O) groups excluding carboxylic acids is 1. The molecule has 3 rings (SSSR count). The lowest BCUT2D eigenvalue weighted by Crippen LogP contribution is -2.39. The number of rotatable bonds is 4. The quantitative estimate of drug-likeness (QED) is 0.477. The third-order valence-electron chi connectivity index (χ3n) is 4.42. The summed E-state index contributed by atoms with van der Waals surface area (Å²) in [5.41, 5.74) is 6.73. The van der Waals surface area contributed by atoms with E-state index in [0.717, 1.165) is 25.5 Å². The van der Waals surface area contributed by atoms with Crippen molar-refractivity contribution in [1.29, 1.82) is 0 Å². The molecule has 1 amide bonds. The van der Waals surface area contributed by atoms with Crippen LogP contribution in [0.4, 0.5) is 5.69 Å². The van der Waals surface area contributed by atoms with Crippen molar-refractivity contribution in [2.45, 2.75) is 29.9 Å². The van der Waals surface area contributed by atoms with Gasteiger partial charge in [-0.05, 0) is 37.0 Å². The Balaban J connectivity index is 1.97. The maximum Gasteiger partial charge on any atom is 0.261 e. The third kappa shape index (κ3) is 3.96. The first-order chi connectivity index (χ1) is 12.4. The molecule has 0 saturated carbocycles. The lowest BCUT2D eigenvalue weighted by atomic mass is 10.1. The average Bonchev–Trinajstić information content (AvgIpc) is 2.61. The van der Waals surface area contributed by atoms with Crippen LogP contribution >= 0.6 is 0 Å². The molecule has 0 unspecified atom stereocenters. The van der Waals surface area contributed by atoms with E-state index in [1.807, 2.05) is 0 Å². The maximum absolute atomic E-state index is 12.9. The smallest absolute Gasteiger partial charge is 0.261 e. The molecule has 138 valence electrons. The standard InChI is InChI=1S/C18H22N3O4S/c19-15-6-4-5-14(11-15)13-26(24,25)17-7-10-21(23)12-16(17)18(22)20-8-2-1-3-9-20/h4-7,10-12,23H,1-3,8-9,13,19H2/q+1. The highest BCUT2D eigenvalue weighted by atomic mass is 32.2. The second kappa shape index (κ2) is 7.33. The minimum Gasteiger partial charge on any atom is -0.399 e. The van der Waals surface area contributed by atoms with E-state index in [1.165, 1.54) is 12.3 Å². The highest BCUT2D eigenvalue weighted by Gasteiger charge is 2.30. The number of hydrogen-bond donors (Lipinski definition) is 2. The van der Waals surface area contributed by atoms with Gasteiger partial charge in [-0.25, -0.2) is 8.42 Å². The van der Waals surface area contributed by atoms with Gasteiger partial charge in [0.25, 0.3) is 5.91 Å². The van der Waals surface area contributed by atoms with Crippen molar-refractivity contribution >= 4 is 21.4 Å². The Morgan fingerprint density at radius 2 is 1.92 bits per heavy atom. The van der Waals surface area contributed by atoms with Crippen LogP contribution in [0.1, 0.15) is 35.2 Å². The van der Waals surface area contributed by atoms with Crippen LogP contribution in [-0.2, 0) is 15.6 Å². The second-order valence-electron chi connectivity index (χ2n) is 6.46. The first-order valence-electron chi connectivity index (χ1n) is 8.48. The van der Waals surface area contributed by atoms with Gasteiger partial charge in [-0.3, -0.25) is 10.0 Å². The number of anilines is 1. The van der Waals surface area contributed by atoms with Crippen LogP contribution in [0.2, 0.25) is 0 Å². The summed E-state index contributed by atoms with van der Waals surface area (Å²) >= 11 is 0. The highest BCUT2D eigenvalue weighted by Crippen LogP contribution is 2.23. The highest BCUT2D eigenvalue weighted by molar-refractivity contribution is 7.90. The number of benzene rings is 1. The van der Waals surface area contributed by atoms with Gasteiger partial charge >= 0.3 is 0 Å². The van der Waals surface area contributed by atoms with Crippen molar-refractivity contribution < 1.29 is 23.1 Å². The zero-order valence-corrected chi connectivity index (χ0v) is 15.2. The van der Waals surface area contributed by atoms with Crippen molar-refractivity contribution in [3.8, 4) is 0 Å². The fourth-order valence-electron chi connectivity index (χ4n) is 3.15. The minimum atomic E-state index is -3.79. The Hall–Kier alpha value is -2.61. The maximum atomic E-state index is 12.9. The van der Waals surface area contributed by atoms with Gasteiger partial charge in [0, 0.05) is 29.6 Å². The molecule has 0 aliphatic carbocycles. The number of carbonyl (C=O) groups is 1. The molecule has 1 aromatic carbocycles. The SMILES string of the molecule is Nc1cccc(CS(=O)(=O)c2cc[n+](O)cc2C(=O)N2CCCCC2)c1. The van der Waals surface area contributed by atoms with E-state index in [9.17, 15) is 18.4 Å². The summed E-state index contributed by atoms with van der Waals surface area (Å²) in [6.45, 7) is 1.18. The Kier molecular flexibility index (Phi) is 5.13. The van der Waals surface area contributed by atoms with Gasteiger partial charge in [0.15, 0.2) is 9.84 Å². The van der Waals surface area contributed by atoms with Crippen LogP contribution < -0.4 is 10.5 Å². The first kappa shape index (κ1) is 18.2. The largest absolute Gasteiger partial charge is 0.399 e. The van der Waals surface area contributed by atoms with Crippen LogP contribution in [0.3, 0.4) is 0 Å². The monoisotopic (exact) mass is 376 g/mol. The summed E-state index contributed by atoms with van der Waals surface area (Å²) in [5, 5.41) is 9.71. The normalized spacial score (nSPS) is 15.0. The number of likely N-dealkylation sites (tertiary alicyclic amines) is 1. The van der Waals surface area contributed by atoms with Crippen molar-refractivity contribution in [2.24, 2.45) is 0 Å². The molecule has 0 radical (unpaired) electrons. The summed E-state index contributed by atoms with van der Waals surface area (Å²) < 4.78 is 26.6. The van der Waals surface area contributed by atoms with E-state index in [4.69, 9.17) is 5.73 Å². The Morgan fingerprint density at radius 3 is 2.62 bits per heavy atom. The molecule has 26 heavy (non-hydrogen) atoms.